The number of hydrazone groups is 1. The van der Waals surface area contributed by atoms with Gasteiger partial charge >= 0.3 is 0 Å². The van der Waals surface area contributed by atoms with Crippen molar-refractivity contribution in [3.8, 4) is 0 Å². The Kier molecular flexibility index (Phi) is 5.06. The molecule has 5 rings (SSSR count). The van der Waals surface area contributed by atoms with Gasteiger partial charge in [-0.2, -0.15) is 5.10 Å². The predicted octanol–water partition coefficient (Wildman–Crippen LogP) is 5.54. The summed E-state index contributed by atoms with van der Waals surface area (Å²) in [6.07, 6.45) is 2.16. The van der Waals surface area contributed by atoms with Crippen molar-refractivity contribution in [1.29, 1.82) is 0 Å². The second-order valence-corrected chi connectivity index (χ2v) is 8.13. The molecule has 0 saturated heterocycles. The predicted molar refractivity (Wildman–Crippen MR) is 116 cm³/mol. The van der Waals surface area contributed by atoms with E-state index in [0.29, 0.717) is 28.0 Å². The maximum Gasteiger partial charge on any atom is 0.257 e. The highest BCUT2D eigenvalue weighted by atomic mass is 35.5. The lowest BCUT2D eigenvalue weighted by Gasteiger charge is -2.21. The zero-order valence-corrected chi connectivity index (χ0v) is 17.3. The molecule has 1 atom stereocenters. The SMILES string of the molecule is O=C(CSc1nc2ccccc2o1)N1N=C(c2ccco2)C[C@@H]1c1ccc(Cl)cc1. The number of carbonyl (C=O) groups is 1. The molecule has 0 bridgehead atoms. The highest BCUT2D eigenvalue weighted by Gasteiger charge is 2.34. The number of amides is 1. The van der Waals surface area contributed by atoms with Crippen LogP contribution >= 0.6 is 23.4 Å². The topological polar surface area (TPSA) is 71.8 Å². The van der Waals surface area contributed by atoms with Crippen molar-refractivity contribution in [3.63, 3.8) is 0 Å². The molecule has 1 aliphatic rings. The van der Waals surface area contributed by atoms with Gasteiger partial charge in [0.2, 0.25) is 0 Å². The van der Waals surface area contributed by atoms with E-state index < -0.39 is 0 Å². The van der Waals surface area contributed by atoms with Crippen LogP contribution < -0.4 is 0 Å². The van der Waals surface area contributed by atoms with Gasteiger partial charge in [-0.05, 0) is 42.0 Å². The van der Waals surface area contributed by atoms with Crippen LogP contribution in [0.25, 0.3) is 11.1 Å². The van der Waals surface area contributed by atoms with Crippen LogP contribution in [0, 0.1) is 0 Å². The molecule has 0 unspecified atom stereocenters. The highest BCUT2D eigenvalue weighted by molar-refractivity contribution is 7.99. The summed E-state index contributed by atoms with van der Waals surface area (Å²) in [5.41, 5.74) is 3.17. The van der Waals surface area contributed by atoms with Crippen molar-refractivity contribution >= 4 is 46.1 Å². The van der Waals surface area contributed by atoms with E-state index in [1.807, 2.05) is 60.7 Å². The van der Waals surface area contributed by atoms with Gasteiger partial charge in [0.15, 0.2) is 5.58 Å². The van der Waals surface area contributed by atoms with Gasteiger partial charge in [-0.1, -0.05) is 47.6 Å². The minimum atomic E-state index is -0.223. The van der Waals surface area contributed by atoms with E-state index in [9.17, 15) is 4.79 Å². The number of aromatic nitrogens is 1. The normalized spacial score (nSPS) is 16.2. The lowest BCUT2D eigenvalue weighted by Crippen LogP contribution is -2.28. The standard InChI is InChI=1S/C22H16ClN3O3S/c23-15-9-7-14(8-10-15)18-12-17(19-6-3-11-28-19)25-26(18)21(27)13-30-22-24-16-4-1-2-5-20(16)29-22/h1-11,18H,12-13H2/t18-/m1/s1. The Morgan fingerprint density at radius 2 is 1.97 bits per heavy atom. The highest BCUT2D eigenvalue weighted by Crippen LogP contribution is 2.34. The number of nitrogens with zero attached hydrogens (tertiary/aromatic N) is 3. The third-order valence-corrected chi connectivity index (χ3v) is 5.88. The molecule has 150 valence electrons. The summed E-state index contributed by atoms with van der Waals surface area (Å²) in [4.78, 5) is 17.5. The molecule has 0 radical (unpaired) electrons. The van der Waals surface area contributed by atoms with Gasteiger partial charge in [-0.25, -0.2) is 9.99 Å². The Balaban J connectivity index is 1.37. The van der Waals surface area contributed by atoms with Crippen molar-refractivity contribution in [1.82, 2.24) is 9.99 Å². The summed E-state index contributed by atoms with van der Waals surface area (Å²) < 4.78 is 11.2. The molecule has 0 saturated carbocycles. The van der Waals surface area contributed by atoms with E-state index >= 15 is 0 Å². The maximum atomic E-state index is 13.1. The van der Waals surface area contributed by atoms with Crippen LogP contribution in [-0.4, -0.2) is 27.4 Å². The Labute approximate surface area is 181 Å². The largest absolute Gasteiger partial charge is 0.463 e. The molecule has 0 aliphatic carbocycles. The monoisotopic (exact) mass is 437 g/mol. The number of rotatable bonds is 5. The summed E-state index contributed by atoms with van der Waals surface area (Å²) in [7, 11) is 0. The van der Waals surface area contributed by atoms with Gasteiger partial charge in [-0.15, -0.1) is 0 Å². The van der Waals surface area contributed by atoms with Crippen LogP contribution in [0.2, 0.25) is 5.02 Å². The average molecular weight is 438 g/mol. The fraction of sp³-hybridized carbons (Fsp3) is 0.136. The van der Waals surface area contributed by atoms with Crippen molar-refractivity contribution in [2.45, 2.75) is 17.7 Å². The molecule has 0 fully saturated rings. The van der Waals surface area contributed by atoms with Gasteiger partial charge in [0.05, 0.1) is 18.1 Å². The molecular weight excluding hydrogens is 422 g/mol. The second-order valence-electron chi connectivity index (χ2n) is 6.77. The fourth-order valence-electron chi connectivity index (χ4n) is 3.38. The van der Waals surface area contributed by atoms with Crippen molar-refractivity contribution in [2.24, 2.45) is 5.10 Å². The number of para-hydroxylation sites is 2. The number of furan rings is 1. The summed E-state index contributed by atoms with van der Waals surface area (Å²) in [6, 6.07) is 18.4. The Hall–Kier alpha value is -3.03. The lowest BCUT2D eigenvalue weighted by molar-refractivity contribution is -0.130. The van der Waals surface area contributed by atoms with Crippen molar-refractivity contribution < 1.29 is 13.6 Å². The van der Waals surface area contributed by atoms with E-state index in [4.69, 9.17) is 20.4 Å². The molecule has 2 aromatic heterocycles. The lowest BCUT2D eigenvalue weighted by atomic mass is 10.0. The first-order valence-corrected chi connectivity index (χ1v) is 10.7. The van der Waals surface area contributed by atoms with E-state index in [0.717, 1.165) is 16.8 Å². The molecule has 8 heteroatoms. The average Bonchev–Trinajstić information content (AvgIpc) is 3.51. The first-order valence-electron chi connectivity index (χ1n) is 9.34. The summed E-state index contributed by atoms with van der Waals surface area (Å²) in [5, 5.41) is 7.21. The Bertz CT molecular complexity index is 1190. The van der Waals surface area contributed by atoms with E-state index in [2.05, 4.69) is 10.1 Å². The number of fused-ring (bicyclic) bond motifs is 1. The molecular formula is C22H16ClN3O3S. The minimum absolute atomic E-state index is 0.135. The van der Waals surface area contributed by atoms with Crippen LogP contribution in [0.3, 0.4) is 0 Å². The third-order valence-electron chi connectivity index (χ3n) is 4.82. The molecule has 30 heavy (non-hydrogen) atoms. The van der Waals surface area contributed by atoms with E-state index in [-0.39, 0.29) is 17.7 Å². The number of halogens is 1. The second kappa shape index (κ2) is 8.01. The number of thioether (sulfide) groups is 1. The molecule has 4 aromatic rings. The number of hydrogen-bond acceptors (Lipinski definition) is 6. The molecule has 1 aliphatic heterocycles. The Morgan fingerprint density at radius 1 is 1.13 bits per heavy atom. The van der Waals surface area contributed by atoms with Crippen LogP contribution in [0.4, 0.5) is 0 Å². The molecule has 6 nitrogen and oxygen atoms in total. The summed E-state index contributed by atoms with van der Waals surface area (Å²) in [6.45, 7) is 0. The molecule has 2 aromatic carbocycles. The third kappa shape index (κ3) is 3.74. The number of benzene rings is 2. The van der Waals surface area contributed by atoms with Crippen LogP contribution in [0.1, 0.15) is 23.8 Å². The van der Waals surface area contributed by atoms with E-state index in [1.54, 1.807) is 6.26 Å². The first kappa shape index (κ1) is 19.0. The van der Waals surface area contributed by atoms with Crippen molar-refractivity contribution in [2.75, 3.05) is 5.75 Å². The Morgan fingerprint density at radius 3 is 2.73 bits per heavy atom. The van der Waals surface area contributed by atoms with Gasteiger partial charge < -0.3 is 8.83 Å². The van der Waals surface area contributed by atoms with Gasteiger partial charge in [0, 0.05) is 11.4 Å². The van der Waals surface area contributed by atoms with Gasteiger partial charge in [0.1, 0.15) is 17.0 Å². The fourth-order valence-corrected chi connectivity index (χ4v) is 4.20. The van der Waals surface area contributed by atoms with Gasteiger partial charge in [-0.3, -0.25) is 4.79 Å². The summed E-state index contributed by atoms with van der Waals surface area (Å²) >= 11 is 7.29. The zero-order valence-electron chi connectivity index (χ0n) is 15.7. The quantitative estimate of drug-likeness (QED) is 0.383. The molecule has 0 spiro atoms. The van der Waals surface area contributed by atoms with Crippen LogP contribution in [0.5, 0.6) is 0 Å². The zero-order chi connectivity index (χ0) is 20.5. The number of carbonyl (C=O) groups excluding carboxylic acids is 1. The van der Waals surface area contributed by atoms with Gasteiger partial charge in [0.25, 0.3) is 11.1 Å². The van der Waals surface area contributed by atoms with Crippen molar-refractivity contribution in [3.05, 3.63) is 83.3 Å². The minimum Gasteiger partial charge on any atom is -0.463 e. The maximum absolute atomic E-state index is 13.1. The smallest absolute Gasteiger partial charge is 0.257 e. The van der Waals surface area contributed by atoms with E-state index in [1.165, 1.54) is 16.8 Å². The number of oxazole rings is 1. The van der Waals surface area contributed by atoms with Crippen LogP contribution in [-0.2, 0) is 4.79 Å². The molecule has 3 heterocycles. The van der Waals surface area contributed by atoms with Crippen LogP contribution in [0.15, 0.2) is 86.1 Å². The first-order chi connectivity index (χ1) is 14.7. The molecule has 1 amide bonds. The molecule has 0 N–H and O–H groups in total. The summed E-state index contributed by atoms with van der Waals surface area (Å²) in [5.74, 6) is 0.686. The number of hydrogen-bond donors (Lipinski definition) is 0.